The molecule has 0 aromatic heterocycles. The Labute approximate surface area is 143 Å². The van der Waals surface area contributed by atoms with Crippen molar-refractivity contribution in [3.05, 3.63) is 63.7 Å². The molecule has 2 aromatic carbocycles. The van der Waals surface area contributed by atoms with Gasteiger partial charge in [0, 0.05) is 18.5 Å². The summed E-state index contributed by atoms with van der Waals surface area (Å²) in [6, 6.07) is 10.1. The summed E-state index contributed by atoms with van der Waals surface area (Å²) in [7, 11) is 0. The monoisotopic (exact) mass is 343 g/mol. The normalized spacial score (nSPS) is 18.8. The van der Waals surface area contributed by atoms with Crippen molar-refractivity contribution in [2.24, 2.45) is 0 Å². The lowest BCUT2D eigenvalue weighted by Gasteiger charge is -2.33. The van der Waals surface area contributed by atoms with E-state index in [-0.39, 0.29) is 17.5 Å². The van der Waals surface area contributed by atoms with Crippen LogP contribution in [0.5, 0.6) is 5.75 Å². The van der Waals surface area contributed by atoms with Gasteiger partial charge in [-0.05, 0) is 23.8 Å². The number of fused-ring (bicyclic) bond motifs is 2. The highest BCUT2D eigenvalue weighted by atomic mass is 35.5. The van der Waals surface area contributed by atoms with Crippen LogP contribution in [0.25, 0.3) is 0 Å². The van der Waals surface area contributed by atoms with Crippen molar-refractivity contribution in [3.63, 3.8) is 0 Å². The summed E-state index contributed by atoms with van der Waals surface area (Å²) in [6.07, 6.45) is 0.663. The van der Waals surface area contributed by atoms with E-state index in [0.717, 1.165) is 11.1 Å². The number of nitrogens with zero attached hydrogens (tertiary/aromatic N) is 1. The molecule has 2 aliphatic rings. The first-order valence-electron chi connectivity index (χ1n) is 7.64. The lowest BCUT2D eigenvalue weighted by Crippen LogP contribution is -2.33. The molecular weight excluding hydrogens is 330 g/mol. The van der Waals surface area contributed by atoms with Crippen LogP contribution in [0, 0.1) is 0 Å². The third-order valence-corrected chi connectivity index (χ3v) is 4.87. The Bertz CT molecular complexity index is 864. The van der Waals surface area contributed by atoms with Gasteiger partial charge >= 0.3 is 5.97 Å². The standard InChI is InChI=1S/C18H14ClNO4/c19-13-3-1-2-11-9-20(17(21)16(11)13)14-6-7-24-15-8-10(18(22)23)4-5-12(14)15/h1-5,8,14H,6-7,9H2,(H,22,23). The van der Waals surface area contributed by atoms with E-state index in [1.165, 1.54) is 6.07 Å². The van der Waals surface area contributed by atoms with E-state index >= 15 is 0 Å². The number of hydrogen-bond donors (Lipinski definition) is 1. The second-order valence-electron chi connectivity index (χ2n) is 5.92. The Morgan fingerprint density at radius 3 is 2.88 bits per heavy atom. The second kappa shape index (κ2) is 5.53. The molecule has 6 heteroatoms. The first-order chi connectivity index (χ1) is 11.6. The topological polar surface area (TPSA) is 66.8 Å². The highest BCUT2D eigenvalue weighted by Crippen LogP contribution is 2.41. The van der Waals surface area contributed by atoms with Gasteiger partial charge < -0.3 is 14.7 Å². The molecule has 24 heavy (non-hydrogen) atoms. The quantitative estimate of drug-likeness (QED) is 0.906. The van der Waals surface area contributed by atoms with Crippen LogP contribution in [0.4, 0.5) is 0 Å². The maximum absolute atomic E-state index is 12.8. The number of hydrogen-bond acceptors (Lipinski definition) is 3. The van der Waals surface area contributed by atoms with Crippen LogP contribution >= 0.6 is 11.6 Å². The predicted octanol–water partition coefficient (Wildman–Crippen LogP) is 3.52. The van der Waals surface area contributed by atoms with Crippen LogP contribution in [0.3, 0.4) is 0 Å². The number of ether oxygens (including phenoxy) is 1. The van der Waals surface area contributed by atoms with E-state index in [4.69, 9.17) is 21.4 Å². The summed E-state index contributed by atoms with van der Waals surface area (Å²) in [4.78, 5) is 25.7. The van der Waals surface area contributed by atoms with Gasteiger partial charge in [-0.3, -0.25) is 4.79 Å². The Hall–Kier alpha value is -2.53. The van der Waals surface area contributed by atoms with Crippen molar-refractivity contribution in [2.75, 3.05) is 6.61 Å². The average molecular weight is 344 g/mol. The van der Waals surface area contributed by atoms with Crippen molar-refractivity contribution in [1.29, 1.82) is 0 Å². The summed E-state index contributed by atoms with van der Waals surface area (Å²) < 4.78 is 5.61. The van der Waals surface area contributed by atoms with E-state index in [2.05, 4.69) is 0 Å². The molecule has 2 aromatic rings. The SMILES string of the molecule is O=C(O)c1ccc2c(c1)OCCC2N1Cc2cccc(Cl)c2C1=O. The van der Waals surface area contributed by atoms with Crippen LogP contribution in [-0.2, 0) is 6.54 Å². The predicted molar refractivity (Wildman–Crippen MR) is 87.6 cm³/mol. The zero-order valence-corrected chi connectivity index (χ0v) is 13.4. The minimum Gasteiger partial charge on any atom is -0.493 e. The van der Waals surface area contributed by atoms with Crippen LogP contribution in [0.1, 0.15) is 44.3 Å². The molecule has 0 bridgehead atoms. The fraction of sp³-hybridized carbons (Fsp3) is 0.222. The van der Waals surface area contributed by atoms with Gasteiger partial charge in [-0.25, -0.2) is 4.79 Å². The molecule has 0 saturated heterocycles. The van der Waals surface area contributed by atoms with Crippen LogP contribution < -0.4 is 4.74 Å². The molecule has 0 radical (unpaired) electrons. The Kier molecular flexibility index (Phi) is 3.46. The molecule has 1 atom stereocenters. The lowest BCUT2D eigenvalue weighted by atomic mass is 9.97. The Morgan fingerprint density at radius 1 is 1.29 bits per heavy atom. The number of rotatable bonds is 2. The van der Waals surface area contributed by atoms with Gasteiger partial charge in [-0.2, -0.15) is 0 Å². The minimum atomic E-state index is -1.00. The molecule has 1 amide bonds. The highest BCUT2D eigenvalue weighted by molar-refractivity contribution is 6.34. The van der Waals surface area contributed by atoms with Gasteiger partial charge in [-0.1, -0.05) is 29.8 Å². The summed E-state index contributed by atoms with van der Waals surface area (Å²) in [5, 5.41) is 9.59. The molecular formula is C18H14ClNO4. The van der Waals surface area contributed by atoms with E-state index < -0.39 is 5.97 Å². The summed E-state index contributed by atoms with van der Waals surface area (Å²) in [5.74, 6) is -0.559. The van der Waals surface area contributed by atoms with Crippen LogP contribution in [0.2, 0.25) is 5.02 Å². The van der Waals surface area contributed by atoms with E-state index in [1.807, 2.05) is 12.1 Å². The number of carbonyl (C=O) groups excluding carboxylic acids is 1. The first-order valence-corrected chi connectivity index (χ1v) is 8.02. The van der Waals surface area contributed by atoms with Crippen LogP contribution in [0.15, 0.2) is 36.4 Å². The van der Waals surface area contributed by atoms with Gasteiger partial charge in [0.05, 0.1) is 28.8 Å². The number of amides is 1. The van der Waals surface area contributed by atoms with Gasteiger partial charge in [0.15, 0.2) is 0 Å². The zero-order chi connectivity index (χ0) is 16.8. The first kappa shape index (κ1) is 15.0. The maximum Gasteiger partial charge on any atom is 0.335 e. The van der Waals surface area contributed by atoms with E-state index in [9.17, 15) is 9.59 Å². The average Bonchev–Trinajstić information content (AvgIpc) is 2.91. The number of carbonyl (C=O) groups is 2. The summed E-state index contributed by atoms with van der Waals surface area (Å²) >= 11 is 6.19. The van der Waals surface area contributed by atoms with Crippen molar-refractivity contribution in [2.45, 2.75) is 19.0 Å². The molecule has 1 unspecified atom stereocenters. The smallest absolute Gasteiger partial charge is 0.335 e. The highest BCUT2D eigenvalue weighted by Gasteiger charge is 2.37. The molecule has 0 aliphatic carbocycles. The van der Waals surface area contributed by atoms with Gasteiger partial charge in [-0.15, -0.1) is 0 Å². The number of aromatic carboxylic acids is 1. The molecule has 0 fully saturated rings. The summed E-state index contributed by atoms with van der Waals surface area (Å²) in [6.45, 7) is 0.939. The van der Waals surface area contributed by atoms with Gasteiger partial charge in [0.25, 0.3) is 5.91 Å². The summed E-state index contributed by atoms with van der Waals surface area (Å²) in [5.41, 5.74) is 2.49. The van der Waals surface area contributed by atoms with E-state index in [0.29, 0.717) is 35.9 Å². The Morgan fingerprint density at radius 2 is 2.12 bits per heavy atom. The second-order valence-corrected chi connectivity index (χ2v) is 6.32. The molecule has 2 aliphatic heterocycles. The van der Waals surface area contributed by atoms with Crippen molar-refractivity contribution in [1.82, 2.24) is 4.90 Å². The third-order valence-electron chi connectivity index (χ3n) is 4.56. The number of benzene rings is 2. The van der Waals surface area contributed by atoms with Crippen LogP contribution in [-0.4, -0.2) is 28.5 Å². The third kappa shape index (κ3) is 2.24. The van der Waals surface area contributed by atoms with Crippen molar-refractivity contribution >= 4 is 23.5 Å². The van der Waals surface area contributed by atoms with Gasteiger partial charge in [0.1, 0.15) is 5.75 Å². The Balaban J connectivity index is 1.72. The molecule has 5 nitrogen and oxygen atoms in total. The van der Waals surface area contributed by atoms with Crippen molar-refractivity contribution < 1.29 is 19.4 Å². The fourth-order valence-electron chi connectivity index (χ4n) is 3.42. The van der Waals surface area contributed by atoms with E-state index in [1.54, 1.807) is 23.1 Å². The molecule has 4 rings (SSSR count). The number of halogens is 1. The molecule has 122 valence electrons. The van der Waals surface area contributed by atoms with Crippen molar-refractivity contribution in [3.8, 4) is 5.75 Å². The molecule has 0 saturated carbocycles. The maximum atomic E-state index is 12.8. The number of carboxylic acid groups (broad SMARTS) is 1. The van der Waals surface area contributed by atoms with Gasteiger partial charge in [0.2, 0.25) is 0 Å². The lowest BCUT2D eigenvalue weighted by molar-refractivity contribution is 0.0642. The molecule has 1 N–H and O–H groups in total. The number of carboxylic acids is 1. The minimum absolute atomic E-state index is 0.0873. The largest absolute Gasteiger partial charge is 0.493 e. The molecule has 0 spiro atoms. The fourth-order valence-corrected chi connectivity index (χ4v) is 3.69. The zero-order valence-electron chi connectivity index (χ0n) is 12.7. The molecule has 2 heterocycles.